The lowest BCUT2D eigenvalue weighted by Gasteiger charge is -2.38. The molecule has 0 aromatic heterocycles. The largest absolute Gasteiger partial charge is 0.505 e. The third kappa shape index (κ3) is 5.52. The van der Waals surface area contributed by atoms with Crippen LogP contribution in [0.1, 0.15) is 88.9 Å². The Morgan fingerprint density at radius 1 is 1.03 bits per heavy atom. The average molecular weight is 422 g/mol. The predicted octanol–water partition coefficient (Wildman–Crippen LogP) is 5.84. The van der Waals surface area contributed by atoms with E-state index in [1.54, 1.807) is 4.90 Å². The zero-order chi connectivity index (χ0) is 22.3. The number of amides is 1. The van der Waals surface area contributed by atoms with E-state index in [-0.39, 0.29) is 29.1 Å². The van der Waals surface area contributed by atoms with Gasteiger partial charge in [-0.1, -0.05) is 40.0 Å². The fourth-order valence-corrected chi connectivity index (χ4v) is 4.56. The molecule has 0 heterocycles. The molecule has 1 aromatic carbocycles. The Kier molecular flexibility index (Phi) is 9.12. The van der Waals surface area contributed by atoms with Crippen LogP contribution in [0.2, 0.25) is 0 Å². The zero-order valence-electron chi connectivity index (χ0n) is 18.7. The molecule has 0 saturated heterocycles. The van der Waals surface area contributed by atoms with Crippen molar-refractivity contribution in [1.29, 1.82) is 0 Å². The summed E-state index contributed by atoms with van der Waals surface area (Å²) in [6.45, 7) is 6.20. The number of ether oxygens (including phenoxy) is 1. The van der Waals surface area contributed by atoms with Crippen LogP contribution in [0.4, 0.5) is 10.1 Å². The van der Waals surface area contributed by atoms with Gasteiger partial charge in [-0.3, -0.25) is 4.79 Å². The van der Waals surface area contributed by atoms with Crippen molar-refractivity contribution in [3.05, 3.63) is 23.5 Å². The van der Waals surface area contributed by atoms with E-state index >= 15 is 0 Å². The molecule has 1 amide bonds. The Hall–Kier alpha value is -2.11. The van der Waals surface area contributed by atoms with Gasteiger partial charge in [0.25, 0.3) is 0 Å². The zero-order valence-corrected chi connectivity index (χ0v) is 18.7. The number of hydrogen-bond donors (Lipinski definition) is 1. The van der Waals surface area contributed by atoms with E-state index in [1.165, 1.54) is 7.11 Å². The summed E-state index contributed by atoms with van der Waals surface area (Å²) in [6, 6.07) is 2.12. The third-order valence-corrected chi connectivity index (χ3v) is 6.27. The van der Waals surface area contributed by atoms with Gasteiger partial charge in [0.15, 0.2) is 11.6 Å². The molecule has 3 rings (SSSR count). The number of benzene rings is 1. The Morgan fingerprint density at radius 2 is 1.63 bits per heavy atom. The highest BCUT2D eigenvalue weighted by Gasteiger charge is 2.36. The average Bonchev–Trinajstić information content (AvgIpc) is 2.78. The van der Waals surface area contributed by atoms with Crippen LogP contribution in [-0.4, -0.2) is 30.1 Å². The van der Waals surface area contributed by atoms with Crippen LogP contribution >= 0.6 is 0 Å². The predicted molar refractivity (Wildman–Crippen MR) is 116 cm³/mol. The van der Waals surface area contributed by atoms with E-state index in [1.807, 2.05) is 13.8 Å². The minimum atomic E-state index is -0.839. The Balaban J connectivity index is 0.00000155. The second kappa shape index (κ2) is 11.3. The van der Waals surface area contributed by atoms with Crippen molar-refractivity contribution < 1.29 is 23.8 Å². The second-order valence-corrected chi connectivity index (χ2v) is 8.27. The van der Waals surface area contributed by atoms with E-state index in [0.717, 1.165) is 69.9 Å². The van der Waals surface area contributed by atoms with E-state index in [9.17, 15) is 19.1 Å². The highest BCUT2D eigenvalue weighted by molar-refractivity contribution is 6.04. The molecular formula is C24H36FNO4. The van der Waals surface area contributed by atoms with Gasteiger partial charge in [-0.2, -0.15) is 0 Å². The standard InChI is InChI=1S/C22H30FNO4.C2H6/c1-14-8-10-15(11-9-14)21(26)24(16-6-4-3-5-7-16)19-13-18(23)20(25)12-17(19)22(27)28-2;1-2/h12-16,25H,3-11H2,1-2H3;1-2H3. The summed E-state index contributed by atoms with van der Waals surface area (Å²) in [4.78, 5) is 27.5. The molecule has 0 atom stereocenters. The number of hydrogen-bond acceptors (Lipinski definition) is 4. The lowest BCUT2D eigenvalue weighted by molar-refractivity contribution is -0.124. The van der Waals surface area contributed by atoms with Gasteiger partial charge in [-0.25, -0.2) is 9.18 Å². The van der Waals surface area contributed by atoms with Gasteiger partial charge in [0.05, 0.1) is 18.4 Å². The highest BCUT2D eigenvalue weighted by Crippen LogP contribution is 2.37. The third-order valence-electron chi connectivity index (χ3n) is 6.27. The van der Waals surface area contributed by atoms with Crippen molar-refractivity contribution in [2.75, 3.05) is 12.0 Å². The number of phenols is 1. The lowest BCUT2D eigenvalue weighted by atomic mass is 9.81. The van der Waals surface area contributed by atoms with Crippen LogP contribution in [0.3, 0.4) is 0 Å². The van der Waals surface area contributed by atoms with Gasteiger partial charge >= 0.3 is 5.97 Å². The minimum Gasteiger partial charge on any atom is -0.505 e. The first-order chi connectivity index (χ1) is 14.4. The summed E-state index contributed by atoms with van der Waals surface area (Å²) in [5.41, 5.74) is 0.252. The molecule has 0 unspecified atom stereocenters. The fraction of sp³-hybridized carbons (Fsp3) is 0.667. The number of nitrogens with zero attached hydrogens (tertiary/aromatic N) is 1. The van der Waals surface area contributed by atoms with E-state index in [0.29, 0.717) is 5.92 Å². The smallest absolute Gasteiger partial charge is 0.340 e. The number of esters is 1. The summed E-state index contributed by atoms with van der Waals surface area (Å²) in [7, 11) is 1.24. The Labute approximate surface area is 179 Å². The van der Waals surface area contributed by atoms with Gasteiger partial charge in [-0.05, 0) is 50.5 Å². The molecule has 1 aromatic rings. The summed E-state index contributed by atoms with van der Waals surface area (Å²) < 4.78 is 19.1. The molecule has 2 saturated carbocycles. The number of phenolic OH excluding ortho intramolecular Hbond substituents is 1. The van der Waals surface area contributed by atoms with Crippen molar-refractivity contribution in [3.63, 3.8) is 0 Å². The number of carbonyl (C=O) groups is 2. The minimum absolute atomic E-state index is 0.0319. The quantitative estimate of drug-likeness (QED) is 0.621. The van der Waals surface area contributed by atoms with Gasteiger partial charge in [-0.15, -0.1) is 0 Å². The Bertz CT molecular complexity index is 722. The van der Waals surface area contributed by atoms with E-state index in [2.05, 4.69) is 6.92 Å². The number of carbonyl (C=O) groups excluding carboxylic acids is 2. The van der Waals surface area contributed by atoms with Crippen LogP contribution < -0.4 is 4.90 Å². The lowest BCUT2D eigenvalue weighted by Crippen LogP contribution is -2.46. The van der Waals surface area contributed by atoms with Crippen molar-refractivity contribution in [3.8, 4) is 5.75 Å². The first-order valence-corrected chi connectivity index (χ1v) is 11.4. The van der Waals surface area contributed by atoms with Crippen molar-refractivity contribution in [2.45, 2.75) is 84.6 Å². The van der Waals surface area contributed by atoms with E-state index in [4.69, 9.17) is 4.74 Å². The maximum absolute atomic E-state index is 14.3. The number of rotatable bonds is 4. The highest BCUT2D eigenvalue weighted by atomic mass is 19.1. The van der Waals surface area contributed by atoms with Crippen molar-refractivity contribution >= 4 is 17.6 Å². The molecule has 2 fully saturated rings. The Morgan fingerprint density at radius 3 is 2.20 bits per heavy atom. The summed E-state index contributed by atoms with van der Waals surface area (Å²) in [5, 5.41) is 9.79. The molecule has 0 radical (unpaired) electrons. The summed E-state index contributed by atoms with van der Waals surface area (Å²) >= 11 is 0. The molecule has 168 valence electrons. The molecule has 0 aliphatic heterocycles. The molecule has 2 aliphatic carbocycles. The normalized spacial score (nSPS) is 21.9. The first kappa shape index (κ1) is 24.2. The number of methoxy groups -OCH3 is 1. The van der Waals surface area contributed by atoms with Crippen LogP contribution in [0.15, 0.2) is 12.1 Å². The maximum Gasteiger partial charge on any atom is 0.340 e. The summed E-state index contributed by atoms with van der Waals surface area (Å²) in [6.07, 6.45) is 8.43. The topological polar surface area (TPSA) is 66.8 Å². The molecule has 6 heteroatoms. The second-order valence-electron chi connectivity index (χ2n) is 8.27. The molecular weight excluding hydrogens is 385 g/mol. The fourth-order valence-electron chi connectivity index (χ4n) is 4.56. The van der Waals surface area contributed by atoms with Crippen molar-refractivity contribution in [2.24, 2.45) is 11.8 Å². The molecule has 2 aliphatic rings. The first-order valence-electron chi connectivity index (χ1n) is 11.4. The molecule has 1 N–H and O–H groups in total. The van der Waals surface area contributed by atoms with Gasteiger partial charge < -0.3 is 14.7 Å². The van der Waals surface area contributed by atoms with E-state index < -0.39 is 17.5 Å². The van der Waals surface area contributed by atoms with Crippen LogP contribution in [-0.2, 0) is 9.53 Å². The van der Waals surface area contributed by atoms with Crippen LogP contribution in [0, 0.1) is 17.7 Å². The molecule has 0 spiro atoms. The maximum atomic E-state index is 14.3. The molecule has 5 nitrogen and oxygen atoms in total. The monoisotopic (exact) mass is 421 g/mol. The SMILES string of the molecule is CC.COC(=O)c1cc(O)c(F)cc1N(C(=O)C1CCC(C)CC1)C1CCCCC1. The van der Waals surface area contributed by atoms with Crippen LogP contribution in [0.5, 0.6) is 5.75 Å². The molecule has 30 heavy (non-hydrogen) atoms. The van der Waals surface area contributed by atoms with Gasteiger partial charge in [0, 0.05) is 18.0 Å². The van der Waals surface area contributed by atoms with Crippen molar-refractivity contribution in [1.82, 2.24) is 0 Å². The number of anilines is 1. The number of halogens is 1. The number of aromatic hydroxyl groups is 1. The van der Waals surface area contributed by atoms with Gasteiger partial charge in [0.1, 0.15) is 0 Å². The van der Waals surface area contributed by atoms with Crippen LogP contribution in [0.25, 0.3) is 0 Å². The summed E-state index contributed by atoms with van der Waals surface area (Å²) in [5.74, 6) is -1.67. The molecule has 0 bridgehead atoms. The van der Waals surface area contributed by atoms with Gasteiger partial charge in [0.2, 0.25) is 5.91 Å².